The summed E-state index contributed by atoms with van der Waals surface area (Å²) in [6.45, 7) is 9.21. The van der Waals surface area contributed by atoms with E-state index >= 15 is 0 Å². The van der Waals surface area contributed by atoms with Crippen LogP contribution in [0, 0.1) is 11.8 Å². The lowest BCUT2D eigenvalue weighted by molar-refractivity contribution is -0.122. The van der Waals surface area contributed by atoms with Gasteiger partial charge in [0.25, 0.3) is 0 Å². The Morgan fingerprint density at radius 1 is 1.25 bits per heavy atom. The predicted molar refractivity (Wildman–Crippen MR) is 71.8 cm³/mol. The lowest BCUT2D eigenvalue weighted by Crippen LogP contribution is -2.43. The Balaban J connectivity index is 0. The molecule has 0 aromatic rings. The second-order valence-corrected chi connectivity index (χ2v) is 4.66. The minimum atomic E-state index is -0.348. The Labute approximate surface area is 106 Å². The normalized spacial score (nSPS) is 12.4. The van der Waals surface area contributed by atoms with E-state index in [-0.39, 0.29) is 24.4 Å². The second kappa shape index (κ2) is 9.91. The molecule has 4 heteroatoms. The van der Waals surface area contributed by atoms with Crippen molar-refractivity contribution in [3.05, 3.63) is 0 Å². The van der Waals surface area contributed by atoms with Gasteiger partial charge < -0.3 is 11.1 Å². The molecule has 0 radical (unpaired) electrons. The zero-order valence-corrected chi connectivity index (χ0v) is 11.8. The number of amides is 1. The third-order valence-electron chi connectivity index (χ3n) is 2.78. The Bertz CT molecular complexity index is 182. The van der Waals surface area contributed by atoms with Crippen LogP contribution < -0.4 is 11.1 Å². The highest BCUT2D eigenvalue weighted by Crippen LogP contribution is 2.06. The molecular formula is C12H27ClN2O. The zero-order valence-electron chi connectivity index (χ0n) is 11.0. The Morgan fingerprint density at radius 3 is 2.12 bits per heavy atom. The lowest BCUT2D eigenvalue weighted by Gasteiger charge is -2.17. The van der Waals surface area contributed by atoms with E-state index < -0.39 is 0 Å². The number of nitrogens with one attached hydrogen (secondary N) is 1. The van der Waals surface area contributed by atoms with Crippen LogP contribution in [0.3, 0.4) is 0 Å². The van der Waals surface area contributed by atoms with Gasteiger partial charge in [0.05, 0.1) is 6.04 Å². The summed E-state index contributed by atoms with van der Waals surface area (Å²) in [6, 6.07) is -0.348. The van der Waals surface area contributed by atoms with Gasteiger partial charge in [0.1, 0.15) is 0 Å². The molecule has 1 atom stereocenters. The van der Waals surface area contributed by atoms with Crippen molar-refractivity contribution in [1.82, 2.24) is 5.32 Å². The SMILES string of the molecule is CCC(CC)CNC(=O)[C@@H](N)CC(C)C.Cl. The fourth-order valence-corrected chi connectivity index (χ4v) is 1.57. The molecule has 0 aromatic heterocycles. The van der Waals surface area contributed by atoms with Gasteiger partial charge in [-0.3, -0.25) is 4.79 Å². The van der Waals surface area contributed by atoms with Crippen LogP contribution in [-0.4, -0.2) is 18.5 Å². The molecule has 0 rings (SSSR count). The summed E-state index contributed by atoms with van der Waals surface area (Å²) in [5.41, 5.74) is 5.78. The monoisotopic (exact) mass is 250 g/mol. The number of rotatable bonds is 7. The average molecular weight is 251 g/mol. The molecule has 16 heavy (non-hydrogen) atoms. The van der Waals surface area contributed by atoms with Crippen LogP contribution in [0.25, 0.3) is 0 Å². The van der Waals surface area contributed by atoms with E-state index in [0.29, 0.717) is 11.8 Å². The van der Waals surface area contributed by atoms with E-state index in [1.165, 1.54) is 0 Å². The number of halogens is 1. The third kappa shape index (κ3) is 7.94. The minimum Gasteiger partial charge on any atom is -0.354 e. The van der Waals surface area contributed by atoms with Crippen molar-refractivity contribution >= 4 is 18.3 Å². The van der Waals surface area contributed by atoms with Crippen LogP contribution in [0.15, 0.2) is 0 Å². The van der Waals surface area contributed by atoms with Gasteiger partial charge in [0.2, 0.25) is 5.91 Å². The van der Waals surface area contributed by atoms with E-state index in [1.54, 1.807) is 0 Å². The van der Waals surface area contributed by atoms with Crippen molar-refractivity contribution in [2.75, 3.05) is 6.54 Å². The van der Waals surface area contributed by atoms with E-state index in [4.69, 9.17) is 5.73 Å². The second-order valence-electron chi connectivity index (χ2n) is 4.66. The minimum absolute atomic E-state index is 0. The van der Waals surface area contributed by atoms with E-state index in [9.17, 15) is 4.79 Å². The highest BCUT2D eigenvalue weighted by atomic mass is 35.5. The molecule has 0 aliphatic carbocycles. The first-order chi connectivity index (χ1) is 7.01. The molecule has 0 spiro atoms. The predicted octanol–water partition coefficient (Wildman–Crippen LogP) is 2.33. The van der Waals surface area contributed by atoms with Crippen molar-refractivity contribution in [2.45, 2.75) is 53.0 Å². The maximum Gasteiger partial charge on any atom is 0.236 e. The van der Waals surface area contributed by atoms with Crippen LogP contribution in [0.2, 0.25) is 0 Å². The quantitative estimate of drug-likeness (QED) is 0.729. The molecule has 0 heterocycles. The number of carbonyl (C=O) groups excluding carboxylic acids is 1. The van der Waals surface area contributed by atoms with Crippen molar-refractivity contribution in [2.24, 2.45) is 17.6 Å². The van der Waals surface area contributed by atoms with Crippen LogP contribution in [-0.2, 0) is 4.79 Å². The summed E-state index contributed by atoms with van der Waals surface area (Å²) in [6.07, 6.45) is 2.97. The van der Waals surface area contributed by atoms with Crippen LogP contribution >= 0.6 is 12.4 Å². The number of nitrogens with two attached hydrogens (primary N) is 1. The Morgan fingerprint density at radius 2 is 1.75 bits per heavy atom. The van der Waals surface area contributed by atoms with Crippen molar-refractivity contribution in [1.29, 1.82) is 0 Å². The molecule has 0 bridgehead atoms. The maximum atomic E-state index is 11.6. The number of hydrogen-bond donors (Lipinski definition) is 2. The first-order valence-corrected chi connectivity index (χ1v) is 6.04. The summed E-state index contributed by atoms with van der Waals surface area (Å²) in [7, 11) is 0. The molecule has 0 fully saturated rings. The summed E-state index contributed by atoms with van der Waals surface area (Å²) in [5.74, 6) is 1.05. The summed E-state index contributed by atoms with van der Waals surface area (Å²) < 4.78 is 0. The van der Waals surface area contributed by atoms with Gasteiger partial charge in [-0.15, -0.1) is 12.4 Å². The largest absolute Gasteiger partial charge is 0.354 e. The smallest absolute Gasteiger partial charge is 0.236 e. The van der Waals surface area contributed by atoms with Gasteiger partial charge in [0.15, 0.2) is 0 Å². The first kappa shape index (κ1) is 18.1. The average Bonchev–Trinajstić information content (AvgIpc) is 2.18. The lowest BCUT2D eigenvalue weighted by atomic mass is 10.0. The summed E-state index contributed by atoms with van der Waals surface area (Å²) >= 11 is 0. The molecule has 3 N–H and O–H groups in total. The van der Waals surface area contributed by atoms with Gasteiger partial charge >= 0.3 is 0 Å². The third-order valence-corrected chi connectivity index (χ3v) is 2.78. The molecule has 0 aliphatic heterocycles. The van der Waals surface area contributed by atoms with Gasteiger partial charge in [-0.05, 0) is 18.3 Å². The fraction of sp³-hybridized carbons (Fsp3) is 0.917. The van der Waals surface area contributed by atoms with E-state index in [1.807, 2.05) is 0 Å². The van der Waals surface area contributed by atoms with Gasteiger partial charge in [-0.1, -0.05) is 40.5 Å². The van der Waals surface area contributed by atoms with Crippen molar-refractivity contribution < 1.29 is 4.79 Å². The van der Waals surface area contributed by atoms with Crippen LogP contribution in [0.5, 0.6) is 0 Å². The molecular weight excluding hydrogens is 224 g/mol. The molecule has 0 saturated carbocycles. The highest BCUT2D eigenvalue weighted by Gasteiger charge is 2.15. The summed E-state index contributed by atoms with van der Waals surface area (Å²) in [4.78, 5) is 11.6. The van der Waals surface area contributed by atoms with E-state index in [0.717, 1.165) is 25.8 Å². The van der Waals surface area contributed by atoms with Crippen molar-refractivity contribution in [3.63, 3.8) is 0 Å². The molecule has 0 saturated heterocycles. The van der Waals surface area contributed by atoms with Gasteiger partial charge in [0, 0.05) is 6.54 Å². The molecule has 3 nitrogen and oxygen atoms in total. The molecule has 0 aromatic carbocycles. The maximum absolute atomic E-state index is 11.6. The summed E-state index contributed by atoms with van der Waals surface area (Å²) in [5, 5.41) is 2.93. The van der Waals surface area contributed by atoms with E-state index in [2.05, 4.69) is 33.0 Å². The highest BCUT2D eigenvalue weighted by molar-refractivity contribution is 5.85. The molecule has 1 amide bonds. The van der Waals surface area contributed by atoms with Crippen LogP contribution in [0.4, 0.5) is 0 Å². The molecule has 0 unspecified atom stereocenters. The standard InChI is InChI=1S/C12H26N2O.ClH/c1-5-10(6-2)8-14-12(15)11(13)7-9(3)4;/h9-11H,5-8,13H2,1-4H3,(H,14,15);1H/t11-;/m0./s1. The number of carbonyl (C=O) groups is 1. The zero-order chi connectivity index (χ0) is 11.8. The molecule has 98 valence electrons. The van der Waals surface area contributed by atoms with Gasteiger partial charge in [-0.25, -0.2) is 0 Å². The van der Waals surface area contributed by atoms with Crippen LogP contribution in [0.1, 0.15) is 47.0 Å². The number of hydrogen-bond acceptors (Lipinski definition) is 2. The Hall–Kier alpha value is -0.280. The Kier molecular flexibility index (Phi) is 11.2. The van der Waals surface area contributed by atoms with Crippen molar-refractivity contribution in [3.8, 4) is 0 Å². The molecule has 0 aliphatic rings. The first-order valence-electron chi connectivity index (χ1n) is 6.04. The fourth-order valence-electron chi connectivity index (χ4n) is 1.57. The topological polar surface area (TPSA) is 55.1 Å². The van der Waals surface area contributed by atoms with Gasteiger partial charge in [-0.2, -0.15) is 0 Å².